The van der Waals surface area contributed by atoms with Gasteiger partial charge < -0.3 is 15.4 Å². The van der Waals surface area contributed by atoms with Gasteiger partial charge in [0.2, 0.25) is 5.88 Å². The Morgan fingerprint density at radius 3 is 2.63 bits per heavy atom. The highest BCUT2D eigenvalue weighted by atomic mass is 16.5. The van der Waals surface area contributed by atoms with Crippen LogP contribution < -0.4 is 15.4 Å². The molecule has 0 fully saturated rings. The van der Waals surface area contributed by atoms with Crippen LogP contribution in [0.5, 0.6) is 5.88 Å². The zero-order valence-electron chi connectivity index (χ0n) is 12.5. The van der Waals surface area contributed by atoms with Crippen molar-refractivity contribution in [3.05, 3.63) is 6.33 Å². The summed E-state index contributed by atoms with van der Waals surface area (Å²) in [4.78, 5) is 10.7. The highest BCUT2D eigenvalue weighted by Gasteiger charge is 2.19. The number of nitrogens with two attached hydrogens (primary N) is 1. The number of ether oxygens (including phenoxy) is 1. The average Bonchev–Trinajstić information content (AvgIpc) is 2.42. The molecule has 0 amide bonds. The first-order valence-electron chi connectivity index (χ1n) is 7.15. The number of nitrogen functional groups attached to an aromatic ring is 1. The zero-order valence-corrected chi connectivity index (χ0v) is 12.5. The van der Waals surface area contributed by atoms with E-state index in [1.165, 1.54) is 6.33 Å². The predicted octanol–water partition coefficient (Wildman–Crippen LogP) is 2.86. The molecule has 0 aromatic carbocycles. The maximum atomic E-state index is 6.14. The Balaban J connectivity index is 3.03. The number of hydrogen-bond donors (Lipinski definition) is 1. The third kappa shape index (κ3) is 3.98. The Labute approximate surface area is 116 Å². The molecule has 1 aromatic rings. The lowest BCUT2D eigenvalue weighted by Gasteiger charge is -2.30. The summed E-state index contributed by atoms with van der Waals surface area (Å²) in [5.41, 5.74) is 6.69. The number of nitrogens with zero attached hydrogens (tertiary/aromatic N) is 3. The lowest BCUT2D eigenvalue weighted by Crippen LogP contribution is -2.35. The Morgan fingerprint density at radius 1 is 1.32 bits per heavy atom. The van der Waals surface area contributed by atoms with Crippen LogP contribution in [0.2, 0.25) is 0 Å². The number of hydrogen-bond acceptors (Lipinski definition) is 5. The first-order chi connectivity index (χ1) is 9.15. The summed E-state index contributed by atoms with van der Waals surface area (Å²) in [6.45, 7) is 9.98. The van der Waals surface area contributed by atoms with Crippen LogP contribution in [-0.2, 0) is 0 Å². The molecule has 0 aliphatic heterocycles. The molecule has 1 unspecified atom stereocenters. The predicted molar refractivity (Wildman–Crippen MR) is 79.6 cm³/mol. The minimum atomic E-state index is 0.401. The largest absolute Gasteiger partial charge is 0.476 e. The van der Waals surface area contributed by atoms with E-state index in [1.807, 2.05) is 6.92 Å². The third-order valence-corrected chi connectivity index (χ3v) is 3.25. The molecule has 1 rings (SSSR count). The van der Waals surface area contributed by atoms with Crippen molar-refractivity contribution >= 4 is 11.5 Å². The molecule has 5 heteroatoms. The lowest BCUT2D eigenvalue weighted by atomic mass is 10.2. The Hall–Kier alpha value is -1.52. The summed E-state index contributed by atoms with van der Waals surface area (Å²) in [6.07, 6.45) is 4.85. The second-order valence-corrected chi connectivity index (χ2v) is 4.65. The van der Waals surface area contributed by atoms with Crippen molar-refractivity contribution in [1.29, 1.82) is 0 Å². The quantitative estimate of drug-likeness (QED) is 0.783. The van der Waals surface area contributed by atoms with Gasteiger partial charge in [0.1, 0.15) is 12.0 Å². The number of anilines is 2. The third-order valence-electron chi connectivity index (χ3n) is 3.25. The number of unbranched alkanes of at least 4 members (excludes halogenated alkanes) is 1. The van der Waals surface area contributed by atoms with Gasteiger partial charge in [-0.3, -0.25) is 0 Å². The fraction of sp³-hybridized carbons (Fsp3) is 0.714. The van der Waals surface area contributed by atoms with E-state index in [0.29, 0.717) is 24.2 Å². The summed E-state index contributed by atoms with van der Waals surface area (Å²) in [5.74, 6) is 1.28. The van der Waals surface area contributed by atoms with Gasteiger partial charge >= 0.3 is 0 Å². The molecule has 0 aliphatic rings. The summed E-state index contributed by atoms with van der Waals surface area (Å²) < 4.78 is 5.44. The van der Waals surface area contributed by atoms with Crippen LogP contribution in [0.4, 0.5) is 11.5 Å². The van der Waals surface area contributed by atoms with Crippen molar-refractivity contribution in [1.82, 2.24) is 9.97 Å². The van der Waals surface area contributed by atoms with E-state index < -0.39 is 0 Å². The number of aromatic nitrogens is 2. The van der Waals surface area contributed by atoms with E-state index in [2.05, 4.69) is 35.6 Å². The normalized spacial score (nSPS) is 12.2. The van der Waals surface area contributed by atoms with Crippen LogP contribution in [-0.4, -0.2) is 29.2 Å². The molecule has 2 N–H and O–H groups in total. The molecular weight excluding hydrogens is 240 g/mol. The van der Waals surface area contributed by atoms with Crippen molar-refractivity contribution in [2.45, 2.75) is 53.0 Å². The molecule has 1 aromatic heterocycles. The molecule has 0 bridgehead atoms. The van der Waals surface area contributed by atoms with E-state index in [-0.39, 0.29) is 0 Å². The molecule has 0 saturated heterocycles. The van der Waals surface area contributed by atoms with Gasteiger partial charge in [0.25, 0.3) is 0 Å². The molecule has 0 saturated carbocycles. The van der Waals surface area contributed by atoms with Gasteiger partial charge in [0.05, 0.1) is 6.61 Å². The topological polar surface area (TPSA) is 64.3 Å². The molecule has 5 nitrogen and oxygen atoms in total. The summed E-state index contributed by atoms with van der Waals surface area (Å²) in [5, 5.41) is 0. The first-order valence-corrected chi connectivity index (χ1v) is 7.15. The number of rotatable bonds is 8. The molecule has 0 spiro atoms. The molecule has 1 heterocycles. The SMILES string of the molecule is CCCCN(c1ncnc(OCC)c1N)C(C)CC. The van der Waals surface area contributed by atoms with Gasteiger partial charge in [-0.2, -0.15) is 4.98 Å². The van der Waals surface area contributed by atoms with Crippen LogP contribution in [0.25, 0.3) is 0 Å². The smallest absolute Gasteiger partial charge is 0.242 e. The summed E-state index contributed by atoms with van der Waals surface area (Å²) >= 11 is 0. The van der Waals surface area contributed by atoms with Crippen LogP contribution in [0.1, 0.15) is 47.0 Å². The standard InChI is InChI=1S/C14H26N4O/c1-5-8-9-18(11(4)6-2)13-12(15)14(19-7-3)17-10-16-13/h10-11H,5-9,15H2,1-4H3. The van der Waals surface area contributed by atoms with Gasteiger partial charge in [0.15, 0.2) is 5.82 Å². The fourth-order valence-corrected chi connectivity index (χ4v) is 1.94. The van der Waals surface area contributed by atoms with Gasteiger partial charge in [-0.05, 0) is 26.7 Å². The van der Waals surface area contributed by atoms with E-state index in [4.69, 9.17) is 10.5 Å². The van der Waals surface area contributed by atoms with Crippen LogP contribution >= 0.6 is 0 Å². The lowest BCUT2D eigenvalue weighted by molar-refractivity contribution is 0.328. The molecular formula is C14H26N4O. The highest BCUT2D eigenvalue weighted by molar-refractivity contribution is 5.68. The monoisotopic (exact) mass is 266 g/mol. The molecule has 19 heavy (non-hydrogen) atoms. The minimum absolute atomic E-state index is 0.401. The Bertz CT molecular complexity index is 384. The van der Waals surface area contributed by atoms with Gasteiger partial charge in [-0.15, -0.1) is 0 Å². The molecule has 108 valence electrons. The maximum Gasteiger partial charge on any atom is 0.242 e. The second-order valence-electron chi connectivity index (χ2n) is 4.65. The molecule has 0 aliphatic carbocycles. The van der Waals surface area contributed by atoms with Crippen LogP contribution in [0.15, 0.2) is 6.33 Å². The van der Waals surface area contributed by atoms with Crippen molar-refractivity contribution in [3.63, 3.8) is 0 Å². The Kier molecular flexibility index (Phi) is 6.39. The van der Waals surface area contributed by atoms with E-state index in [0.717, 1.165) is 31.6 Å². The van der Waals surface area contributed by atoms with Crippen molar-refractivity contribution in [3.8, 4) is 5.88 Å². The van der Waals surface area contributed by atoms with Gasteiger partial charge in [-0.25, -0.2) is 4.98 Å². The van der Waals surface area contributed by atoms with Crippen LogP contribution in [0.3, 0.4) is 0 Å². The highest BCUT2D eigenvalue weighted by Crippen LogP contribution is 2.29. The van der Waals surface area contributed by atoms with E-state index in [9.17, 15) is 0 Å². The van der Waals surface area contributed by atoms with E-state index >= 15 is 0 Å². The molecule has 1 atom stereocenters. The summed E-state index contributed by atoms with van der Waals surface area (Å²) in [6, 6.07) is 0.401. The zero-order chi connectivity index (χ0) is 14.3. The summed E-state index contributed by atoms with van der Waals surface area (Å²) in [7, 11) is 0. The van der Waals surface area contributed by atoms with E-state index in [1.54, 1.807) is 0 Å². The minimum Gasteiger partial charge on any atom is -0.476 e. The van der Waals surface area contributed by atoms with Gasteiger partial charge in [-0.1, -0.05) is 20.3 Å². The van der Waals surface area contributed by atoms with Gasteiger partial charge in [0, 0.05) is 12.6 Å². The van der Waals surface area contributed by atoms with Crippen LogP contribution in [0, 0.1) is 0 Å². The fourth-order valence-electron chi connectivity index (χ4n) is 1.94. The van der Waals surface area contributed by atoms with Crippen molar-refractivity contribution in [2.24, 2.45) is 0 Å². The second kappa shape index (κ2) is 7.81. The molecule has 0 radical (unpaired) electrons. The van der Waals surface area contributed by atoms with Crippen molar-refractivity contribution < 1.29 is 4.74 Å². The Morgan fingerprint density at radius 2 is 2.05 bits per heavy atom. The average molecular weight is 266 g/mol. The maximum absolute atomic E-state index is 6.14. The first kappa shape index (κ1) is 15.5. The van der Waals surface area contributed by atoms with Crippen molar-refractivity contribution in [2.75, 3.05) is 23.8 Å².